The predicted molar refractivity (Wildman–Crippen MR) is 67.9 cm³/mol. The Balaban J connectivity index is 2.14. The highest BCUT2D eigenvalue weighted by molar-refractivity contribution is 7.08. The monoisotopic (exact) mass is 244 g/mol. The van der Waals surface area contributed by atoms with E-state index in [2.05, 4.69) is 11.4 Å². The Morgan fingerprint density at radius 2 is 2.06 bits per heavy atom. The molecular weight excluding hydrogens is 235 g/mol. The fourth-order valence-electron chi connectivity index (χ4n) is 1.30. The zero-order chi connectivity index (χ0) is 12.1. The second kappa shape index (κ2) is 5.28. The molecule has 1 aromatic carbocycles. The summed E-state index contributed by atoms with van der Waals surface area (Å²) in [6, 6.07) is 9.97. The van der Waals surface area contributed by atoms with Gasteiger partial charge >= 0.3 is 0 Å². The van der Waals surface area contributed by atoms with Crippen molar-refractivity contribution in [3.05, 3.63) is 58.7 Å². The van der Waals surface area contributed by atoms with Crippen molar-refractivity contribution >= 4 is 22.6 Å². The number of halogens is 1. The van der Waals surface area contributed by atoms with E-state index in [0.717, 1.165) is 11.3 Å². The van der Waals surface area contributed by atoms with E-state index in [4.69, 9.17) is 5.26 Å². The van der Waals surface area contributed by atoms with Crippen molar-refractivity contribution in [1.29, 1.82) is 5.26 Å². The van der Waals surface area contributed by atoms with E-state index >= 15 is 0 Å². The number of hydrogen-bond donors (Lipinski definition) is 1. The summed E-state index contributed by atoms with van der Waals surface area (Å²) in [4.78, 5) is 0. The molecule has 0 amide bonds. The van der Waals surface area contributed by atoms with Crippen LogP contribution in [-0.2, 0) is 0 Å². The second-order valence-corrected chi connectivity index (χ2v) is 4.11. The number of allylic oxidation sites excluding steroid dienone is 1. The zero-order valence-electron chi connectivity index (χ0n) is 8.85. The molecule has 0 spiro atoms. The van der Waals surface area contributed by atoms with Gasteiger partial charge in [0.2, 0.25) is 0 Å². The Kier molecular flexibility index (Phi) is 3.53. The van der Waals surface area contributed by atoms with Gasteiger partial charge in [-0.3, -0.25) is 0 Å². The Morgan fingerprint density at radius 1 is 1.29 bits per heavy atom. The first-order valence-electron chi connectivity index (χ1n) is 4.94. The summed E-state index contributed by atoms with van der Waals surface area (Å²) in [5, 5.41) is 15.8. The normalized spacial score (nSPS) is 10.9. The van der Waals surface area contributed by atoms with Gasteiger partial charge in [-0.1, -0.05) is 0 Å². The quantitative estimate of drug-likeness (QED) is 0.832. The van der Waals surface area contributed by atoms with Crippen LogP contribution in [0.25, 0.3) is 5.57 Å². The summed E-state index contributed by atoms with van der Waals surface area (Å²) in [5.74, 6) is -0.280. The van der Waals surface area contributed by atoms with Crippen LogP contribution in [0.15, 0.2) is 47.3 Å². The van der Waals surface area contributed by atoms with E-state index in [1.807, 2.05) is 16.8 Å². The molecule has 0 saturated carbocycles. The van der Waals surface area contributed by atoms with Crippen molar-refractivity contribution in [1.82, 2.24) is 0 Å². The average molecular weight is 244 g/mol. The molecule has 84 valence electrons. The van der Waals surface area contributed by atoms with Crippen LogP contribution in [0.2, 0.25) is 0 Å². The summed E-state index contributed by atoms with van der Waals surface area (Å²) < 4.78 is 12.7. The number of nitriles is 1. The lowest BCUT2D eigenvalue weighted by Crippen LogP contribution is -1.90. The van der Waals surface area contributed by atoms with Crippen molar-refractivity contribution in [2.45, 2.75) is 0 Å². The van der Waals surface area contributed by atoms with Crippen molar-refractivity contribution < 1.29 is 4.39 Å². The SMILES string of the molecule is N#CC(=CNc1ccc(F)cc1)c1ccsc1. The molecule has 17 heavy (non-hydrogen) atoms. The summed E-state index contributed by atoms with van der Waals surface area (Å²) >= 11 is 1.54. The van der Waals surface area contributed by atoms with Gasteiger partial charge in [0.15, 0.2) is 0 Å². The Hall–Kier alpha value is -2.12. The van der Waals surface area contributed by atoms with Crippen molar-refractivity contribution in [2.24, 2.45) is 0 Å². The first kappa shape index (κ1) is 11.4. The molecule has 1 heterocycles. The van der Waals surface area contributed by atoms with Crippen LogP contribution in [0.4, 0.5) is 10.1 Å². The standard InChI is InChI=1S/C13H9FN2S/c14-12-1-3-13(4-2-12)16-8-11(7-15)10-5-6-17-9-10/h1-6,8-9,16H. The molecule has 1 aromatic heterocycles. The van der Waals surface area contributed by atoms with Crippen LogP contribution in [0, 0.1) is 17.1 Å². The van der Waals surface area contributed by atoms with E-state index in [1.54, 1.807) is 18.3 Å². The number of thiophene rings is 1. The lowest BCUT2D eigenvalue weighted by Gasteiger charge is -2.01. The highest BCUT2D eigenvalue weighted by atomic mass is 32.1. The minimum absolute atomic E-state index is 0.280. The largest absolute Gasteiger partial charge is 0.360 e. The minimum Gasteiger partial charge on any atom is -0.360 e. The van der Waals surface area contributed by atoms with Gasteiger partial charge in [-0.05, 0) is 41.1 Å². The molecule has 2 nitrogen and oxygen atoms in total. The van der Waals surface area contributed by atoms with Gasteiger partial charge in [0.05, 0.1) is 5.57 Å². The van der Waals surface area contributed by atoms with Crippen LogP contribution in [0.5, 0.6) is 0 Å². The van der Waals surface area contributed by atoms with E-state index in [-0.39, 0.29) is 5.82 Å². The highest BCUT2D eigenvalue weighted by Gasteiger charge is 2.00. The summed E-state index contributed by atoms with van der Waals surface area (Å²) in [7, 11) is 0. The molecule has 0 radical (unpaired) electrons. The maximum Gasteiger partial charge on any atom is 0.123 e. The summed E-state index contributed by atoms with van der Waals surface area (Å²) in [6.45, 7) is 0. The molecule has 0 fully saturated rings. The fraction of sp³-hybridized carbons (Fsp3) is 0. The third-order valence-electron chi connectivity index (χ3n) is 2.18. The molecule has 2 aromatic rings. The average Bonchev–Trinajstić information content (AvgIpc) is 2.86. The van der Waals surface area contributed by atoms with Crippen molar-refractivity contribution in [3.8, 4) is 6.07 Å². The molecular formula is C13H9FN2S. The number of rotatable bonds is 3. The van der Waals surface area contributed by atoms with Crippen LogP contribution < -0.4 is 5.32 Å². The number of anilines is 1. The van der Waals surface area contributed by atoms with Gasteiger partial charge in [0.1, 0.15) is 11.9 Å². The van der Waals surface area contributed by atoms with Gasteiger partial charge in [-0.25, -0.2) is 4.39 Å². The second-order valence-electron chi connectivity index (χ2n) is 3.33. The van der Waals surface area contributed by atoms with Crippen LogP contribution in [-0.4, -0.2) is 0 Å². The first-order valence-corrected chi connectivity index (χ1v) is 5.89. The zero-order valence-corrected chi connectivity index (χ0v) is 9.67. The molecule has 0 aliphatic rings. The van der Waals surface area contributed by atoms with Crippen LogP contribution in [0.3, 0.4) is 0 Å². The van der Waals surface area contributed by atoms with Crippen LogP contribution in [0.1, 0.15) is 5.56 Å². The number of hydrogen-bond acceptors (Lipinski definition) is 3. The number of nitrogens with zero attached hydrogens (tertiary/aromatic N) is 1. The number of nitrogens with one attached hydrogen (secondary N) is 1. The Bertz CT molecular complexity index is 550. The maximum atomic E-state index is 12.7. The molecule has 2 rings (SSSR count). The Morgan fingerprint density at radius 3 is 2.65 bits per heavy atom. The third-order valence-corrected chi connectivity index (χ3v) is 2.86. The molecule has 0 saturated heterocycles. The van der Waals surface area contributed by atoms with E-state index in [9.17, 15) is 4.39 Å². The van der Waals surface area contributed by atoms with Gasteiger partial charge < -0.3 is 5.32 Å². The van der Waals surface area contributed by atoms with Gasteiger partial charge in [-0.15, -0.1) is 0 Å². The van der Waals surface area contributed by atoms with E-state index in [1.165, 1.54) is 23.5 Å². The molecule has 0 aliphatic heterocycles. The topological polar surface area (TPSA) is 35.8 Å². The number of benzene rings is 1. The molecule has 0 aliphatic carbocycles. The Labute approximate surface area is 103 Å². The summed E-state index contributed by atoms with van der Waals surface area (Å²) in [5.41, 5.74) is 2.18. The lowest BCUT2D eigenvalue weighted by molar-refractivity contribution is 0.628. The van der Waals surface area contributed by atoms with E-state index < -0.39 is 0 Å². The summed E-state index contributed by atoms with van der Waals surface area (Å²) in [6.07, 6.45) is 1.62. The van der Waals surface area contributed by atoms with Gasteiger partial charge in [0, 0.05) is 17.5 Å². The van der Waals surface area contributed by atoms with Gasteiger partial charge in [0.25, 0.3) is 0 Å². The maximum absolute atomic E-state index is 12.7. The molecule has 0 bridgehead atoms. The highest BCUT2D eigenvalue weighted by Crippen LogP contribution is 2.17. The van der Waals surface area contributed by atoms with Crippen LogP contribution >= 0.6 is 11.3 Å². The minimum atomic E-state index is -0.280. The molecule has 1 N–H and O–H groups in total. The lowest BCUT2D eigenvalue weighted by atomic mass is 10.2. The van der Waals surface area contributed by atoms with Crippen molar-refractivity contribution in [2.75, 3.05) is 5.32 Å². The molecule has 0 atom stereocenters. The third kappa shape index (κ3) is 2.92. The van der Waals surface area contributed by atoms with E-state index in [0.29, 0.717) is 5.57 Å². The predicted octanol–water partition coefficient (Wildman–Crippen LogP) is 3.86. The van der Waals surface area contributed by atoms with Crippen molar-refractivity contribution in [3.63, 3.8) is 0 Å². The molecule has 0 unspecified atom stereocenters. The first-order chi connectivity index (χ1) is 8.29. The fourth-order valence-corrected chi connectivity index (χ4v) is 1.96. The molecule has 4 heteroatoms. The smallest absolute Gasteiger partial charge is 0.123 e. The van der Waals surface area contributed by atoms with Gasteiger partial charge in [-0.2, -0.15) is 16.6 Å².